The third kappa shape index (κ3) is 12.0. The molecular formula is C25H33Cl2F4N3O3S. The Bertz CT molecular complexity index is 1010. The number of hydrogen-bond donors (Lipinski definition) is 3. The summed E-state index contributed by atoms with van der Waals surface area (Å²) in [6, 6.07) is 7.78. The van der Waals surface area contributed by atoms with Gasteiger partial charge < -0.3 is 10.4 Å². The Kier molecular flexibility index (Phi) is 17.4. The van der Waals surface area contributed by atoms with E-state index in [0.29, 0.717) is 33.3 Å². The number of nitrogens with zero attached hydrogens (tertiary/aromatic N) is 1. The van der Waals surface area contributed by atoms with Crippen LogP contribution < -0.4 is 10.9 Å². The van der Waals surface area contributed by atoms with Gasteiger partial charge in [0, 0.05) is 51.5 Å². The Morgan fingerprint density at radius 3 is 2.32 bits per heavy atom. The van der Waals surface area contributed by atoms with E-state index in [-0.39, 0.29) is 30.3 Å². The second-order valence-electron chi connectivity index (χ2n) is 8.03. The van der Waals surface area contributed by atoms with Crippen LogP contribution in [-0.4, -0.2) is 59.0 Å². The molecule has 3 N–H and O–H groups in total. The van der Waals surface area contributed by atoms with Crippen LogP contribution in [0, 0.1) is 5.82 Å². The average Bonchev–Trinajstić information content (AvgIpc) is 2.90. The van der Waals surface area contributed by atoms with Crippen LogP contribution in [0.3, 0.4) is 0 Å². The summed E-state index contributed by atoms with van der Waals surface area (Å²) in [6.45, 7) is 2.40. The number of aliphatic hydroxyl groups excluding tert-OH is 1. The van der Waals surface area contributed by atoms with Crippen molar-refractivity contribution in [2.24, 2.45) is 0 Å². The SMILES string of the molecule is CCS(=O)c1ccc(Cl)cc1CNC(=O)c1cc(F)c(CN2CCCCC2)c(Cl)c1.FCF.OCCNF. The number of hydrogen-bond acceptors (Lipinski definition) is 5. The van der Waals surface area contributed by atoms with Gasteiger partial charge in [-0.3, -0.25) is 13.9 Å². The zero-order valence-electron chi connectivity index (χ0n) is 21.1. The molecule has 1 atom stereocenters. The maximum atomic E-state index is 14.7. The first-order valence-corrected chi connectivity index (χ1v) is 14.0. The Labute approximate surface area is 233 Å². The predicted octanol–water partition coefficient (Wildman–Crippen LogP) is 5.51. The average molecular weight is 603 g/mol. The van der Waals surface area contributed by atoms with E-state index in [9.17, 15) is 26.7 Å². The number of piperidine rings is 1. The molecule has 0 aliphatic carbocycles. The van der Waals surface area contributed by atoms with Gasteiger partial charge in [-0.05, 0) is 61.8 Å². The number of halogens is 6. The molecule has 0 spiro atoms. The van der Waals surface area contributed by atoms with Crippen molar-refractivity contribution in [3.05, 3.63) is 62.9 Å². The lowest BCUT2D eigenvalue weighted by molar-refractivity contribution is 0.0950. The Balaban J connectivity index is 0.000000794. The van der Waals surface area contributed by atoms with Crippen molar-refractivity contribution in [3.8, 4) is 0 Å². The van der Waals surface area contributed by atoms with Crippen molar-refractivity contribution in [3.63, 3.8) is 0 Å². The van der Waals surface area contributed by atoms with Gasteiger partial charge in [-0.1, -0.05) is 36.5 Å². The fourth-order valence-corrected chi connectivity index (χ4v) is 5.03. The van der Waals surface area contributed by atoms with Crippen molar-refractivity contribution in [2.75, 3.05) is 38.9 Å². The molecule has 0 radical (unpaired) electrons. The van der Waals surface area contributed by atoms with E-state index < -0.39 is 29.5 Å². The van der Waals surface area contributed by atoms with Crippen molar-refractivity contribution >= 4 is 39.9 Å². The van der Waals surface area contributed by atoms with Crippen molar-refractivity contribution in [1.82, 2.24) is 15.8 Å². The number of alkyl halides is 2. The number of likely N-dealkylation sites (tertiary alicyclic amines) is 1. The molecule has 0 saturated carbocycles. The number of aliphatic hydroxyl groups is 1. The van der Waals surface area contributed by atoms with Crippen LogP contribution in [0.25, 0.3) is 0 Å². The Morgan fingerprint density at radius 2 is 1.79 bits per heavy atom. The molecule has 13 heteroatoms. The quantitative estimate of drug-likeness (QED) is 0.261. The zero-order valence-corrected chi connectivity index (χ0v) is 23.4. The molecule has 38 heavy (non-hydrogen) atoms. The zero-order chi connectivity index (χ0) is 28.5. The number of carbonyl (C=O) groups is 1. The lowest BCUT2D eigenvalue weighted by Crippen LogP contribution is -2.29. The van der Waals surface area contributed by atoms with Crippen LogP contribution in [0.2, 0.25) is 10.0 Å². The molecule has 3 rings (SSSR count). The first-order valence-electron chi connectivity index (χ1n) is 11.9. The van der Waals surface area contributed by atoms with E-state index >= 15 is 0 Å². The molecule has 1 unspecified atom stereocenters. The third-order valence-corrected chi connectivity index (χ3v) is 7.39. The van der Waals surface area contributed by atoms with E-state index in [1.165, 1.54) is 24.1 Å². The normalized spacial score (nSPS) is 14.0. The summed E-state index contributed by atoms with van der Waals surface area (Å²) in [5, 5.41) is 11.3. The first kappa shape index (κ1) is 34.3. The van der Waals surface area contributed by atoms with Crippen LogP contribution in [0.1, 0.15) is 47.7 Å². The molecule has 0 aromatic heterocycles. The van der Waals surface area contributed by atoms with Gasteiger partial charge in [0.15, 0.2) is 0 Å². The summed E-state index contributed by atoms with van der Waals surface area (Å²) in [7, 11) is -1.18. The van der Waals surface area contributed by atoms with Crippen LogP contribution >= 0.6 is 23.2 Å². The summed E-state index contributed by atoms with van der Waals surface area (Å²) in [6.07, 6.45) is 3.41. The monoisotopic (exact) mass is 601 g/mol. The fraction of sp³-hybridized carbons (Fsp3) is 0.480. The number of benzene rings is 2. The van der Waals surface area contributed by atoms with E-state index in [1.54, 1.807) is 18.2 Å². The van der Waals surface area contributed by atoms with Gasteiger partial charge >= 0.3 is 0 Å². The minimum atomic E-state index is -1.75. The minimum Gasteiger partial charge on any atom is -0.395 e. The molecule has 2 aromatic carbocycles. The fourth-order valence-electron chi connectivity index (χ4n) is 3.61. The second kappa shape index (κ2) is 19.3. The van der Waals surface area contributed by atoms with E-state index in [0.717, 1.165) is 25.9 Å². The summed E-state index contributed by atoms with van der Waals surface area (Å²) in [4.78, 5) is 15.4. The van der Waals surface area contributed by atoms with Crippen LogP contribution in [0.5, 0.6) is 0 Å². The lowest BCUT2D eigenvalue weighted by Gasteiger charge is -2.27. The number of rotatable bonds is 9. The molecule has 2 aromatic rings. The molecule has 214 valence electrons. The smallest absolute Gasteiger partial charge is 0.251 e. The predicted molar refractivity (Wildman–Crippen MR) is 143 cm³/mol. The minimum absolute atomic E-state index is 0.0278. The van der Waals surface area contributed by atoms with Gasteiger partial charge in [-0.15, -0.1) is 4.48 Å². The maximum absolute atomic E-state index is 14.7. The van der Waals surface area contributed by atoms with Gasteiger partial charge in [-0.2, -0.15) is 5.54 Å². The topological polar surface area (TPSA) is 81.7 Å². The molecule has 0 bridgehead atoms. The highest BCUT2D eigenvalue weighted by atomic mass is 35.5. The molecule has 1 heterocycles. The van der Waals surface area contributed by atoms with Crippen molar-refractivity contribution in [2.45, 2.75) is 44.2 Å². The van der Waals surface area contributed by atoms with Gasteiger partial charge in [0.2, 0.25) is 6.93 Å². The third-order valence-electron chi connectivity index (χ3n) is 5.41. The van der Waals surface area contributed by atoms with Crippen LogP contribution in [-0.2, 0) is 23.9 Å². The summed E-state index contributed by atoms with van der Waals surface area (Å²) >= 11 is 12.4. The highest BCUT2D eigenvalue weighted by Gasteiger charge is 2.18. The molecular weight excluding hydrogens is 569 g/mol. The molecule has 1 saturated heterocycles. The van der Waals surface area contributed by atoms with Gasteiger partial charge in [0.1, 0.15) is 5.82 Å². The maximum Gasteiger partial charge on any atom is 0.251 e. The van der Waals surface area contributed by atoms with Crippen molar-refractivity contribution < 1.29 is 31.8 Å². The number of nitrogens with one attached hydrogen (secondary N) is 2. The van der Waals surface area contributed by atoms with Crippen LogP contribution in [0.4, 0.5) is 17.7 Å². The highest BCUT2D eigenvalue weighted by Crippen LogP contribution is 2.25. The lowest BCUT2D eigenvalue weighted by atomic mass is 10.1. The van der Waals surface area contributed by atoms with Gasteiger partial charge in [-0.25, -0.2) is 13.2 Å². The highest BCUT2D eigenvalue weighted by molar-refractivity contribution is 7.85. The van der Waals surface area contributed by atoms with E-state index in [1.807, 2.05) is 6.92 Å². The molecule has 1 fully saturated rings. The van der Waals surface area contributed by atoms with Crippen molar-refractivity contribution in [1.29, 1.82) is 0 Å². The van der Waals surface area contributed by atoms with E-state index in [4.69, 9.17) is 28.3 Å². The summed E-state index contributed by atoms with van der Waals surface area (Å²) in [5.74, 6) is -0.468. The molecule has 1 aliphatic rings. The molecule has 1 aliphatic heterocycles. The largest absolute Gasteiger partial charge is 0.395 e. The number of amides is 1. The van der Waals surface area contributed by atoms with Gasteiger partial charge in [0.25, 0.3) is 5.91 Å². The molecule has 1 amide bonds. The Morgan fingerprint density at radius 1 is 1.13 bits per heavy atom. The number of carbonyl (C=O) groups excluding carboxylic acids is 1. The summed E-state index contributed by atoms with van der Waals surface area (Å²) < 4.78 is 56.8. The first-order chi connectivity index (χ1) is 18.2. The Hall–Kier alpha value is -1.76. The standard InChI is InChI=1S/C22H25Cl2FN2O2S.C2H6FNO.CH2F2/c1-2-30(29)21-7-6-17(23)10-16(21)13-26-22(28)15-11-19(24)18(20(25)12-15)14-27-8-4-3-5-9-27;3-4-1-2-5;2-1-3/h6-7,10-12H,2-5,8-9,13-14H2,1H3,(H,26,28);4-5H,1-2H2;1H2. The van der Waals surface area contributed by atoms with E-state index in [2.05, 4.69) is 10.2 Å². The van der Waals surface area contributed by atoms with Gasteiger partial charge in [0.05, 0.1) is 17.4 Å². The summed E-state index contributed by atoms with van der Waals surface area (Å²) in [5.41, 5.74) is 2.51. The molecule has 6 nitrogen and oxygen atoms in total. The van der Waals surface area contributed by atoms with Crippen LogP contribution in [0.15, 0.2) is 35.2 Å². The second-order valence-corrected chi connectivity index (χ2v) is 10.6.